The van der Waals surface area contributed by atoms with Gasteiger partial charge in [0.05, 0.1) is 12.7 Å². The van der Waals surface area contributed by atoms with E-state index in [1.54, 1.807) is 6.92 Å². The summed E-state index contributed by atoms with van der Waals surface area (Å²) >= 11 is 0. The summed E-state index contributed by atoms with van der Waals surface area (Å²) in [4.78, 5) is 0. The van der Waals surface area contributed by atoms with Crippen molar-refractivity contribution in [3.63, 3.8) is 0 Å². The van der Waals surface area contributed by atoms with Crippen LogP contribution in [-0.4, -0.2) is 34.1 Å². The van der Waals surface area contributed by atoms with Gasteiger partial charge in [-0.1, -0.05) is 12.2 Å². The van der Waals surface area contributed by atoms with Crippen molar-refractivity contribution < 1.29 is 15.3 Å². The maximum absolute atomic E-state index is 8.96. The zero-order chi connectivity index (χ0) is 8.15. The fourth-order valence-corrected chi connectivity index (χ4v) is 0.511. The second-order valence-electron chi connectivity index (χ2n) is 2.25. The Bertz CT molecular complexity index is 111. The first-order valence-corrected chi connectivity index (χ1v) is 3.05. The van der Waals surface area contributed by atoms with Gasteiger partial charge in [-0.05, 0) is 6.92 Å². The minimum absolute atomic E-state index is 0.440. The van der Waals surface area contributed by atoms with Crippen LogP contribution >= 0.6 is 0 Å². The van der Waals surface area contributed by atoms with E-state index >= 15 is 0 Å². The SMILES string of the molecule is C=C(C)[CH][C@H](O)[C@@H](O)CO. The Kier molecular flexibility index (Phi) is 4.27. The summed E-state index contributed by atoms with van der Waals surface area (Å²) < 4.78 is 0. The molecule has 3 nitrogen and oxygen atoms in total. The highest BCUT2D eigenvalue weighted by Gasteiger charge is 2.14. The van der Waals surface area contributed by atoms with E-state index in [2.05, 4.69) is 6.58 Å². The number of aliphatic hydroxyl groups excluding tert-OH is 3. The summed E-state index contributed by atoms with van der Waals surface area (Å²) in [5.74, 6) is 0. The maximum Gasteiger partial charge on any atom is 0.103 e. The first kappa shape index (κ1) is 9.62. The predicted molar refractivity (Wildman–Crippen MR) is 38.2 cm³/mol. The smallest absolute Gasteiger partial charge is 0.103 e. The zero-order valence-corrected chi connectivity index (χ0v) is 5.99. The fourth-order valence-electron chi connectivity index (χ4n) is 0.511. The summed E-state index contributed by atoms with van der Waals surface area (Å²) in [5, 5.41) is 26.1. The second-order valence-corrected chi connectivity index (χ2v) is 2.25. The minimum Gasteiger partial charge on any atom is -0.394 e. The van der Waals surface area contributed by atoms with Crippen molar-refractivity contribution in [1.82, 2.24) is 0 Å². The summed E-state index contributed by atoms with van der Waals surface area (Å²) in [7, 11) is 0. The molecule has 0 aliphatic carbocycles. The van der Waals surface area contributed by atoms with Gasteiger partial charge in [0.1, 0.15) is 6.10 Å². The predicted octanol–water partition coefficient (Wildman–Crippen LogP) is -0.519. The van der Waals surface area contributed by atoms with Gasteiger partial charge in [0, 0.05) is 6.42 Å². The topological polar surface area (TPSA) is 60.7 Å². The molecule has 0 fully saturated rings. The number of aliphatic hydroxyl groups is 3. The largest absolute Gasteiger partial charge is 0.394 e. The summed E-state index contributed by atoms with van der Waals surface area (Å²) in [5.41, 5.74) is 0.667. The van der Waals surface area contributed by atoms with Gasteiger partial charge in [-0.25, -0.2) is 0 Å². The molecule has 3 heteroatoms. The van der Waals surface area contributed by atoms with E-state index in [1.807, 2.05) is 0 Å². The Morgan fingerprint density at radius 1 is 1.60 bits per heavy atom. The molecule has 0 heterocycles. The van der Waals surface area contributed by atoms with Gasteiger partial charge in [-0.3, -0.25) is 0 Å². The van der Waals surface area contributed by atoms with Crippen molar-refractivity contribution in [3.05, 3.63) is 18.6 Å². The normalized spacial score (nSPS) is 16.4. The Hall–Kier alpha value is -0.380. The molecule has 0 bridgehead atoms. The van der Waals surface area contributed by atoms with E-state index in [4.69, 9.17) is 15.3 Å². The molecule has 10 heavy (non-hydrogen) atoms. The average molecular weight is 145 g/mol. The number of rotatable bonds is 4. The molecule has 0 aromatic rings. The molecule has 0 aliphatic heterocycles. The van der Waals surface area contributed by atoms with Crippen LogP contribution in [0.1, 0.15) is 6.92 Å². The molecule has 0 unspecified atom stereocenters. The van der Waals surface area contributed by atoms with E-state index in [-0.39, 0.29) is 0 Å². The maximum atomic E-state index is 8.96. The zero-order valence-electron chi connectivity index (χ0n) is 5.99. The molecule has 0 saturated carbocycles. The van der Waals surface area contributed by atoms with E-state index in [1.165, 1.54) is 6.42 Å². The summed E-state index contributed by atoms with van der Waals surface area (Å²) in [6.07, 6.45) is -0.722. The standard InChI is InChI=1S/C7H13O3/c1-5(2)3-6(9)7(10)4-8/h3,6-10H,1,4H2,2H3/t6-,7-/m0/s1. The van der Waals surface area contributed by atoms with Crippen LogP contribution in [0.15, 0.2) is 12.2 Å². The first-order valence-electron chi connectivity index (χ1n) is 3.05. The quantitative estimate of drug-likeness (QED) is 0.499. The van der Waals surface area contributed by atoms with Crippen LogP contribution in [0.4, 0.5) is 0 Å². The fraction of sp³-hybridized carbons (Fsp3) is 0.571. The lowest BCUT2D eigenvalue weighted by Gasteiger charge is -2.14. The van der Waals surface area contributed by atoms with Crippen LogP contribution in [0.5, 0.6) is 0 Å². The van der Waals surface area contributed by atoms with Crippen molar-refractivity contribution in [1.29, 1.82) is 0 Å². The van der Waals surface area contributed by atoms with Crippen LogP contribution in [-0.2, 0) is 0 Å². The van der Waals surface area contributed by atoms with E-state index in [0.29, 0.717) is 5.57 Å². The minimum atomic E-state index is -1.10. The monoisotopic (exact) mass is 145 g/mol. The molecule has 0 aromatic heterocycles. The molecule has 2 atom stereocenters. The van der Waals surface area contributed by atoms with Crippen LogP contribution in [0.25, 0.3) is 0 Å². The van der Waals surface area contributed by atoms with Crippen LogP contribution in [0.3, 0.4) is 0 Å². The Morgan fingerprint density at radius 2 is 2.10 bits per heavy atom. The molecule has 0 aliphatic rings. The van der Waals surface area contributed by atoms with Crippen molar-refractivity contribution in [2.75, 3.05) is 6.61 Å². The van der Waals surface area contributed by atoms with E-state index in [0.717, 1.165) is 0 Å². The van der Waals surface area contributed by atoms with Gasteiger partial charge in [-0.2, -0.15) is 0 Å². The lowest BCUT2D eigenvalue weighted by atomic mass is 10.1. The molecular weight excluding hydrogens is 132 g/mol. The first-order chi connectivity index (χ1) is 4.57. The third kappa shape index (κ3) is 3.61. The van der Waals surface area contributed by atoms with Gasteiger partial charge in [0.15, 0.2) is 0 Å². The lowest BCUT2D eigenvalue weighted by Crippen LogP contribution is -2.29. The van der Waals surface area contributed by atoms with Gasteiger partial charge in [-0.15, -0.1) is 0 Å². The van der Waals surface area contributed by atoms with E-state index in [9.17, 15) is 0 Å². The van der Waals surface area contributed by atoms with Crippen LogP contribution < -0.4 is 0 Å². The van der Waals surface area contributed by atoms with Gasteiger partial charge >= 0.3 is 0 Å². The third-order valence-electron chi connectivity index (χ3n) is 1.04. The second kappa shape index (κ2) is 4.44. The lowest BCUT2D eigenvalue weighted by molar-refractivity contribution is 0.00339. The Labute approximate surface area is 60.6 Å². The van der Waals surface area contributed by atoms with Crippen molar-refractivity contribution in [2.24, 2.45) is 0 Å². The highest BCUT2D eigenvalue weighted by molar-refractivity contribution is 5.08. The highest BCUT2D eigenvalue weighted by Crippen LogP contribution is 2.03. The van der Waals surface area contributed by atoms with Crippen molar-refractivity contribution in [3.8, 4) is 0 Å². The molecule has 0 saturated heterocycles. The van der Waals surface area contributed by atoms with E-state index < -0.39 is 18.8 Å². The summed E-state index contributed by atoms with van der Waals surface area (Å²) in [6.45, 7) is 4.77. The highest BCUT2D eigenvalue weighted by atomic mass is 16.4. The molecule has 0 spiro atoms. The number of hydrogen-bond donors (Lipinski definition) is 3. The molecule has 3 N–H and O–H groups in total. The third-order valence-corrected chi connectivity index (χ3v) is 1.04. The Balaban J connectivity index is 3.61. The molecule has 0 aromatic carbocycles. The molecular formula is C7H13O3. The molecule has 59 valence electrons. The van der Waals surface area contributed by atoms with Crippen LogP contribution in [0.2, 0.25) is 0 Å². The van der Waals surface area contributed by atoms with Gasteiger partial charge in [0.2, 0.25) is 0 Å². The number of hydrogen-bond acceptors (Lipinski definition) is 3. The van der Waals surface area contributed by atoms with Gasteiger partial charge < -0.3 is 15.3 Å². The molecule has 0 amide bonds. The van der Waals surface area contributed by atoms with Crippen molar-refractivity contribution in [2.45, 2.75) is 19.1 Å². The van der Waals surface area contributed by atoms with Crippen LogP contribution in [0, 0.1) is 6.42 Å². The Morgan fingerprint density at radius 3 is 2.40 bits per heavy atom. The molecule has 1 radical (unpaired) electrons. The summed E-state index contributed by atoms with van der Waals surface area (Å²) in [6, 6.07) is 0. The van der Waals surface area contributed by atoms with Gasteiger partial charge in [0.25, 0.3) is 0 Å². The molecule has 0 rings (SSSR count). The van der Waals surface area contributed by atoms with Crippen molar-refractivity contribution >= 4 is 0 Å². The average Bonchev–Trinajstić information content (AvgIpc) is 1.85.